The molecule has 130 valence electrons. The number of carbonyl (C=O) groups is 1. The summed E-state index contributed by atoms with van der Waals surface area (Å²) in [7, 11) is 0. The molecule has 1 amide bonds. The number of ether oxygens (including phenoxy) is 1. The maximum Gasteiger partial charge on any atom is 0.422 e. The maximum atomic E-state index is 12.2. The van der Waals surface area contributed by atoms with Gasteiger partial charge in [-0.3, -0.25) is 4.79 Å². The molecule has 0 aromatic heterocycles. The summed E-state index contributed by atoms with van der Waals surface area (Å²) < 4.78 is 41.5. The zero-order valence-electron chi connectivity index (χ0n) is 12.5. The number of nitrogens with one attached hydrogen (secondary N) is 2. The van der Waals surface area contributed by atoms with Crippen molar-refractivity contribution in [2.75, 3.05) is 13.2 Å². The van der Waals surface area contributed by atoms with Gasteiger partial charge in [-0.2, -0.15) is 13.2 Å². The van der Waals surface area contributed by atoms with Crippen LogP contribution in [-0.4, -0.2) is 31.3 Å². The summed E-state index contributed by atoms with van der Waals surface area (Å²) in [5.74, 6) is 0.00190. The smallest absolute Gasteiger partial charge is 0.422 e. The summed E-state index contributed by atoms with van der Waals surface area (Å²) in [6.45, 7) is -0.392. The van der Waals surface area contributed by atoms with Crippen molar-refractivity contribution < 1.29 is 22.7 Å². The zero-order valence-corrected chi connectivity index (χ0v) is 13.3. The highest BCUT2D eigenvalue weighted by Gasteiger charge is 2.28. The summed E-state index contributed by atoms with van der Waals surface area (Å²) in [5, 5.41) is 5.87. The van der Waals surface area contributed by atoms with Gasteiger partial charge in [0.25, 0.3) is 0 Å². The number of hydrogen-bond donors (Lipinski definition) is 2. The summed E-state index contributed by atoms with van der Waals surface area (Å²) in [4.78, 5) is 12.0. The van der Waals surface area contributed by atoms with Crippen LogP contribution in [0.15, 0.2) is 24.3 Å². The number of amides is 1. The predicted molar refractivity (Wildman–Crippen MR) is 82.7 cm³/mol. The first kappa shape index (κ1) is 19.6. The highest BCUT2D eigenvalue weighted by Crippen LogP contribution is 2.22. The van der Waals surface area contributed by atoms with Gasteiger partial charge in [0.05, 0.1) is 6.04 Å². The molecule has 23 heavy (non-hydrogen) atoms. The molecule has 0 radical (unpaired) electrons. The molecule has 1 unspecified atom stereocenters. The van der Waals surface area contributed by atoms with Crippen LogP contribution in [0.1, 0.15) is 24.8 Å². The van der Waals surface area contributed by atoms with Gasteiger partial charge in [0.15, 0.2) is 6.61 Å². The van der Waals surface area contributed by atoms with Gasteiger partial charge in [0, 0.05) is 12.1 Å². The van der Waals surface area contributed by atoms with Crippen molar-refractivity contribution in [2.24, 2.45) is 0 Å². The molecule has 1 aromatic rings. The Kier molecular flexibility index (Phi) is 7.64. The fourth-order valence-electron chi connectivity index (χ4n) is 2.33. The molecule has 0 saturated carbocycles. The van der Waals surface area contributed by atoms with Crippen molar-refractivity contribution in [3.8, 4) is 5.75 Å². The molecule has 0 aliphatic carbocycles. The fourth-order valence-corrected chi connectivity index (χ4v) is 2.33. The third-order valence-corrected chi connectivity index (χ3v) is 3.44. The first-order valence-corrected chi connectivity index (χ1v) is 7.24. The minimum atomic E-state index is -4.39. The van der Waals surface area contributed by atoms with E-state index in [4.69, 9.17) is 4.74 Å². The minimum absolute atomic E-state index is 0. The van der Waals surface area contributed by atoms with E-state index in [0.29, 0.717) is 5.56 Å². The standard InChI is InChI=1S/C15H19F3N2O2.ClH/c16-15(17,18)10-22-13-7-2-1-5-11(13)9-20-14(21)12-6-3-4-8-19-12;/h1-2,5,7,12,19H,3-4,6,8-10H2,(H,20,21);1H. The summed E-state index contributed by atoms with van der Waals surface area (Å²) in [6.07, 6.45) is -1.56. The number of rotatable bonds is 5. The van der Waals surface area contributed by atoms with E-state index in [1.807, 2.05) is 0 Å². The predicted octanol–water partition coefficient (Wildman–Crippen LogP) is 2.81. The Balaban J connectivity index is 0.00000264. The number of alkyl halides is 3. The molecule has 1 aliphatic heterocycles. The van der Waals surface area contributed by atoms with Gasteiger partial charge in [-0.25, -0.2) is 0 Å². The highest BCUT2D eigenvalue weighted by atomic mass is 35.5. The molecule has 2 N–H and O–H groups in total. The van der Waals surface area contributed by atoms with E-state index in [0.717, 1.165) is 25.8 Å². The van der Waals surface area contributed by atoms with E-state index in [9.17, 15) is 18.0 Å². The van der Waals surface area contributed by atoms with Gasteiger partial charge >= 0.3 is 6.18 Å². The quantitative estimate of drug-likeness (QED) is 0.856. The van der Waals surface area contributed by atoms with Crippen molar-refractivity contribution in [1.82, 2.24) is 10.6 Å². The van der Waals surface area contributed by atoms with E-state index in [-0.39, 0.29) is 36.7 Å². The molecule has 0 bridgehead atoms. The Morgan fingerprint density at radius 3 is 2.70 bits per heavy atom. The largest absolute Gasteiger partial charge is 0.484 e. The van der Waals surface area contributed by atoms with E-state index in [1.165, 1.54) is 6.07 Å². The lowest BCUT2D eigenvalue weighted by atomic mass is 10.0. The van der Waals surface area contributed by atoms with Crippen LogP contribution < -0.4 is 15.4 Å². The number of halogens is 4. The first-order valence-electron chi connectivity index (χ1n) is 7.24. The van der Waals surface area contributed by atoms with E-state index in [2.05, 4.69) is 10.6 Å². The molecule has 1 fully saturated rings. The minimum Gasteiger partial charge on any atom is -0.484 e. The van der Waals surface area contributed by atoms with Crippen LogP contribution in [0.5, 0.6) is 5.75 Å². The summed E-state index contributed by atoms with van der Waals surface area (Å²) in [6, 6.07) is 6.17. The average Bonchev–Trinajstić information content (AvgIpc) is 2.51. The second-order valence-corrected chi connectivity index (χ2v) is 5.23. The molecule has 8 heteroatoms. The molecule has 2 rings (SSSR count). The van der Waals surface area contributed by atoms with Gasteiger partial charge in [0.2, 0.25) is 5.91 Å². The Bertz CT molecular complexity index is 506. The lowest BCUT2D eigenvalue weighted by Crippen LogP contribution is -2.46. The van der Waals surface area contributed by atoms with E-state index in [1.54, 1.807) is 18.2 Å². The highest BCUT2D eigenvalue weighted by molar-refractivity contribution is 5.85. The Morgan fingerprint density at radius 2 is 2.04 bits per heavy atom. The Labute approximate surface area is 139 Å². The molecule has 1 aromatic carbocycles. The maximum absolute atomic E-state index is 12.2. The fraction of sp³-hybridized carbons (Fsp3) is 0.533. The summed E-state index contributed by atoms with van der Waals surface area (Å²) in [5.41, 5.74) is 0.524. The van der Waals surface area contributed by atoms with E-state index >= 15 is 0 Å². The van der Waals surface area contributed by atoms with E-state index < -0.39 is 12.8 Å². The molecule has 4 nitrogen and oxygen atoms in total. The van der Waals surface area contributed by atoms with Crippen molar-refractivity contribution in [3.05, 3.63) is 29.8 Å². The second kappa shape index (κ2) is 8.98. The van der Waals surface area contributed by atoms with Gasteiger partial charge in [-0.15, -0.1) is 12.4 Å². The molecule has 1 aliphatic rings. The van der Waals surface area contributed by atoms with Crippen molar-refractivity contribution in [3.63, 3.8) is 0 Å². The number of para-hydroxylation sites is 1. The monoisotopic (exact) mass is 352 g/mol. The number of benzene rings is 1. The zero-order chi connectivity index (χ0) is 16.0. The first-order chi connectivity index (χ1) is 10.5. The topological polar surface area (TPSA) is 50.4 Å². The Morgan fingerprint density at radius 1 is 1.30 bits per heavy atom. The van der Waals surface area contributed by atoms with Crippen LogP contribution in [0.4, 0.5) is 13.2 Å². The van der Waals surface area contributed by atoms with Crippen LogP contribution in [0.3, 0.4) is 0 Å². The third kappa shape index (κ3) is 6.66. The van der Waals surface area contributed by atoms with Crippen molar-refractivity contribution >= 4 is 18.3 Å². The van der Waals surface area contributed by atoms with Gasteiger partial charge < -0.3 is 15.4 Å². The molecule has 0 spiro atoms. The SMILES string of the molecule is Cl.O=C(NCc1ccccc1OCC(F)(F)F)C1CCCCN1. The Hall–Kier alpha value is -1.47. The van der Waals surface area contributed by atoms with Crippen LogP contribution in [0.25, 0.3) is 0 Å². The van der Waals surface area contributed by atoms with Crippen LogP contribution in [-0.2, 0) is 11.3 Å². The third-order valence-electron chi connectivity index (χ3n) is 3.44. The molecule has 1 saturated heterocycles. The molecule has 1 heterocycles. The average molecular weight is 353 g/mol. The van der Waals surface area contributed by atoms with Gasteiger partial charge in [0.1, 0.15) is 5.75 Å². The van der Waals surface area contributed by atoms with Crippen LogP contribution in [0, 0.1) is 0 Å². The van der Waals surface area contributed by atoms with Crippen molar-refractivity contribution in [1.29, 1.82) is 0 Å². The van der Waals surface area contributed by atoms with Gasteiger partial charge in [-0.05, 0) is 25.5 Å². The molecular weight excluding hydrogens is 333 g/mol. The van der Waals surface area contributed by atoms with Crippen LogP contribution >= 0.6 is 12.4 Å². The normalized spacial score (nSPS) is 18.0. The molecular formula is C15H20ClF3N2O2. The number of piperidine rings is 1. The summed E-state index contributed by atoms with van der Waals surface area (Å²) >= 11 is 0. The lowest BCUT2D eigenvalue weighted by molar-refractivity contribution is -0.153. The second-order valence-electron chi connectivity index (χ2n) is 5.23. The number of hydrogen-bond acceptors (Lipinski definition) is 3. The van der Waals surface area contributed by atoms with Gasteiger partial charge in [-0.1, -0.05) is 24.6 Å². The molecule has 1 atom stereocenters. The van der Waals surface area contributed by atoms with Crippen LogP contribution in [0.2, 0.25) is 0 Å². The van der Waals surface area contributed by atoms with Crippen molar-refractivity contribution in [2.45, 2.75) is 38.0 Å². The lowest BCUT2D eigenvalue weighted by Gasteiger charge is -2.22. The number of carbonyl (C=O) groups excluding carboxylic acids is 1.